The van der Waals surface area contributed by atoms with E-state index in [1.807, 2.05) is 50.2 Å². The second kappa shape index (κ2) is 7.79. The van der Waals surface area contributed by atoms with Gasteiger partial charge in [0.25, 0.3) is 0 Å². The zero-order valence-electron chi connectivity index (χ0n) is 13.7. The lowest BCUT2D eigenvalue weighted by Gasteiger charge is -2.11. The van der Waals surface area contributed by atoms with Gasteiger partial charge >= 0.3 is 5.97 Å². The molecule has 23 heavy (non-hydrogen) atoms. The molecule has 0 fully saturated rings. The van der Waals surface area contributed by atoms with Crippen molar-refractivity contribution in [3.63, 3.8) is 0 Å². The highest BCUT2D eigenvalue weighted by atomic mass is 17.2. The summed E-state index contributed by atoms with van der Waals surface area (Å²) < 4.78 is 0. The van der Waals surface area contributed by atoms with E-state index in [2.05, 4.69) is 0 Å². The van der Waals surface area contributed by atoms with Gasteiger partial charge in [-0.3, -0.25) is 9.78 Å². The second-order valence-corrected chi connectivity index (χ2v) is 5.63. The van der Waals surface area contributed by atoms with Crippen LogP contribution in [-0.4, -0.2) is 11.1 Å². The summed E-state index contributed by atoms with van der Waals surface area (Å²) in [6, 6.07) is 13.4. The molecular formula is C19H22O4. The van der Waals surface area contributed by atoms with Crippen molar-refractivity contribution in [2.45, 2.75) is 33.8 Å². The third-order valence-electron chi connectivity index (χ3n) is 3.85. The monoisotopic (exact) mass is 314 g/mol. The van der Waals surface area contributed by atoms with Crippen molar-refractivity contribution in [3.05, 3.63) is 53.6 Å². The number of rotatable bonds is 6. The number of carbonyl (C=O) groups excluding carboxylic acids is 1. The first-order valence-corrected chi connectivity index (χ1v) is 7.74. The fraction of sp³-hybridized carbons (Fsp3) is 0.316. The molecule has 2 aromatic rings. The smallest absolute Gasteiger partial charge is 0.358 e. The van der Waals surface area contributed by atoms with Crippen LogP contribution >= 0.6 is 0 Å². The predicted octanol–water partition coefficient (Wildman–Crippen LogP) is 4.04. The molecule has 0 amide bonds. The first-order chi connectivity index (χ1) is 11.0. The van der Waals surface area contributed by atoms with Gasteiger partial charge in [0.15, 0.2) is 5.75 Å². The summed E-state index contributed by atoms with van der Waals surface area (Å²) in [7, 11) is 0. The molecule has 0 bridgehead atoms. The fourth-order valence-corrected chi connectivity index (χ4v) is 2.11. The molecule has 0 aliphatic rings. The Labute approximate surface area is 136 Å². The van der Waals surface area contributed by atoms with E-state index in [0.717, 1.165) is 22.3 Å². The summed E-state index contributed by atoms with van der Waals surface area (Å²) in [4.78, 5) is 21.7. The summed E-state index contributed by atoms with van der Waals surface area (Å²) in [6.45, 7) is 5.63. The average Bonchev–Trinajstić information content (AvgIpc) is 2.59. The molecule has 0 aromatic heterocycles. The predicted molar refractivity (Wildman–Crippen MR) is 88.7 cm³/mol. The van der Waals surface area contributed by atoms with E-state index < -0.39 is 0 Å². The number of aryl methyl sites for hydroxylation is 1. The van der Waals surface area contributed by atoms with E-state index in [9.17, 15) is 9.90 Å². The molecule has 1 N–H and O–H groups in total. The van der Waals surface area contributed by atoms with Crippen molar-refractivity contribution >= 4 is 5.97 Å². The van der Waals surface area contributed by atoms with Crippen LogP contribution in [0.2, 0.25) is 0 Å². The van der Waals surface area contributed by atoms with Crippen molar-refractivity contribution in [2.75, 3.05) is 0 Å². The van der Waals surface area contributed by atoms with Gasteiger partial charge in [-0.1, -0.05) is 38.1 Å². The highest BCUT2D eigenvalue weighted by molar-refractivity contribution is 5.71. The van der Waals surface area contributed by atoms with Crippen LogP contribution < -0.4 is 4.89 Å². The molecule has 0 saturated heterocycles. The van der Waals surface area contributed by atoms with Gasteiger partial charge in [0, 0.05) is 0 Å². The van der Waals surface area contributed by atoms with Crippen molar-refractivity contribution in [2.24, 2.45) is 5.92 Å². The standard InChI is InChI=1S/C19H22O4/c1-4-13(2)19(21)23-22-18-9-8-17(10-14(18)3)16-7-5-6-15(11-16)12-20/h5-11,13,20H,4,12H2,1-3H3. The van der Waals surface area contributed by atoms with Crippen LogP contribution in [0.3, 0.4) is 0 Å². The Morgan fingerprint density at radius 3 is 2.57 bits per heavy atom. The maximum absolute atomic E-state index is 11.6. The minimum Gasteiger partial charge on any atom is -0.392 e. The summed E-state index contributed by atoms with van der Waals surface area (Å²) in [5, 5.41) is 9.23. The van der Waals surface area contributed by atoms with Gasteiger partial charge in [-0.15, -0.1) is 0 Å². The quantitative estimate of drug-likeness (QED) is 0.646. The van der Waals surface area contributed by atoms with Gasteiger partial charge in [0.1, 0.15) is 0 Å². The van der Waals surface area contributed by atoms with Crippen LogP contribution in [0.4, 0.5) is 0 Å². The zero-order chi connectivity index (χ0) is 16.8. The topological polar surface area (TPSA) is 55.8 Å². The van der Waals surface area contributed by atoms with E-state index >= 15 is 0 Å². The molecule has 0 aliphatic carbocycles. The average molecular weight is 314 g/mol. The van der Waals surface area contributed by atoms with Gasteiger partial charge < -0.3 is 5.11 Å². The van der Waals surface area contributed by atoms with E-state index in [4.69, 9.17) is 9.78 Å². The fourth-order valence-electron chi connectivity index (χ4n) is 2.11. The third-order valence-corrected chi connectivity index (χ3v) is 3.85. The van der Waals surface area contributed by atoms with Crippen LogP contribution in [0.15, 0.2) is 42.5 Å². The Morgan fingerprint density at radius 2 is 1.91 bits per heavy atom. The third kappa shape index (κ3) is 4.33. The molecule has 1 unspecified atom stereocenters. The number of aliphatic hydroxyl groups excluding tert-OH is 1. The SMILES string of the molecule is CCC(C)C(=O)OOc1ccc(-c2cccc(CO)c2)cc1C. The number of aliphatic hydroxyl groups is 1. The Balaban J connectivity index is 2.13. The summed E-state index contributed by atoms with van der Waals surface area (Å²) in [5.74, 6) is -0.0360. The molecule has 4 nitrogen and oxygen atoms in total. The first-order valence-electron chi connectivity index (χ1n) is 7.74. The summed E-state index contributed by atoms with van der Waals surface area (Å²) >= 11 is 0. The highest BCUT2D eigenvalue weighted by Gasteiger charge is 2.14. The van der Waals surface area contributed by atoms with Crippen LogP contribution in [0.5, 0.6) is 5.75 Å². The minimum absolute atomic E-state index is 0.0135. The van der Waals surface area contributed by atoms with Crippen LogP contribution in [0.25, 0.3) is 11.1 Å². The van der Waals surface area contributed by atoms with E-state index in [1.165, 1.54) is 0 Å². The molecule has 0 spiro atoms. The number of hydrogen-bond acceptors (Lipinski definition) is 4. The molecule has 0 radical (unpaired) electrons. The van der Waals surface area contributed by atoms with E-state index in [1.54, 1.807) is 13.0 Å². The maximum Gasteiger partial charge on any atom is 0.358 e. The highest BCUT2D eigenvalue weighted by Crippen LogP contribution is 2.27. The number of carbonyl (C=O) groups is 1. The lowest BCUT2D eigenvalue weighted by atomic mass is 10.0. The lowest BCUT2D eigenvalue weighted by molar-refractivity contribution is -0.218. The molecule has 2 rings (SSSR count). The largest absolute Gasteiger partial charge is 0.392 e. The van der Waals surface area contributed by atoms with E-state index in [-0.39, 0.29) is 18.5 Å². The number of benzene rings is 2. The molecular weight excluding hydrogens is 292 g/mol. The Bertz CT molecular complexity index is 679. The lowest BCUT2D eigenvalue weighted by Crippen LogP contribution is -2.16. The van der Waals surface area contributed by atoms with Crippen molar-refractivity contribution in [1.82, 2.24) is 0 Å². The van der Waals surface area contributed by atoms with Gasteiger partial charge in [-0.2, -0.15) is 0 Å². The summed E-state index contributed by atoms with van der Waals surface area (Å²) in [6.07, 6.45) is 0.710. The maximum atomic E-state index is 11.6. The molecule has 0 heterocycles. The first kappa shape index (κ1) is 17.0. The van der Waals surface area contributed by atoms with Crippen molar-refractivity contribution in [3.8, 4) is 16.9 Å². The van der Waals surface area contributed by atoms with Crippen LogP contribution in [0, 0.1) is 12.8 Å². The van der Waals surface area contributed by atoms with Gasteiger partial charge in [0.2, 0.25) is 0 Å². The summed E-state index contributed by atoms with van der Waals surface area (Å²) in [5.41, 5.74) is 3.76. The Morgan fingerprint density at radius 1 is 1.17 bits per heavy atom. The molecule has 4 heteroatoms. The molecule has 2 aromatic carbocycles. The molecule has 1 atom stereocenters. The van der Waals surface area contributed by atoms with Crippen molar-refractivity contribution < 1.29 is 19.7 Å². The van der Waals surface area contributed by atoms with Gasteiger partial charge in [-0.25, -0.2) is 4.79 Å². The van der Waals surface area contributed by atoms with Crippen molar-refractivity contribution in [1.29, 1.82) is 0 Å². The van der Waals surface area contributed by atoms with Crippen LogP contribution in [-0.2, 0) is 16.3 Å². The van der Waals surface area contributed by atoms with Gasteiger partial charge in [-0.05, 0) is 53.8 Å². The van der Waals surface area contributed by atoms with Gasteiger partial charge in [0.05, 0.1) is 12.5 Å². The molecule has 0 saturated carbocycles. The zero-order valence-corrected chi connectivity index (χ0v) is 13.7. The van der Waals surface area contributed by atoms with Crippen LogP contribution in [0.1, 0.15) is 31.4 Å². The Hall–Kier alpha value is -2.33. The minimum atomic E-state index is -0.369. The normalized spacial score (nSPS) is 11.8. The second-order valence-electron chi connectivity index (χ2n) is 5.63. The Kier molecular flexibility index (Phi) is 5.77. The number of hydrogen-bond donors (Lipinski definition) is 1. The molecule has 0 aliphatic heterocycles. The molecule has 122 valence electrons. The van der Waals surface area contributed by atoms with E-state index in [0.29, 0.717) is 12.2 Å².